The van der Waals surface area contributed by atoms with Crippen LogP contribution in [0.4, 0.5) is 4.79 Å². The Hall–Kier alpha value is -4.91. The molecule has 2 amide bonds. The fourth-order valence-corrected chi connectivity index (χ4v) is 7.63. The summed E-state index contributed by atoms with van der Waals surface area (Å²) >= 11 is 0.983. The van der Waals surface area contributed by atoms with Crippen molar-refractivity contribution in [3.63, 3.8) is 0 Å². The van der Waals surface area contributed by atoms with Crippen molar-refractivity contribution < 1.29 is 14.3 Å². The molecule has 5 aromatic carbocycles. The van der Waals surface area contributed by atoms with Gasteiger partial charge in [-0.25, -0.2) is 0 Å². The van der Waals surface area contributed by atoms with Crippen LogP contribution in [0.1, 0.15) is 27.8 Å². The quantitative estimate of drug-likeness (QED) is 0.159. The number of hydrogen-bond acceptors (Lipinski definition) is 4. The number of nitrogens with zero attached hydrogens (tertiary/aromatic N) is 1. The highest BCUT2D eigenvalue weighted by molar-refractivity contribution is 8.15. The molecule has 0 bridgehead atoms. The van der Waals surface area contributed by atoms with Crippen LogP contribution < -0.4 is 0 Å². The maximum Gasteiger partial charge on any atom is 0.293 e. The molecule has 222 valence electrons. The van der Waals surface area contributed by atoms with E-state index in [1.807, 2.05) is 146 Å². The van der Waals surface area contributed by atoms with Crippen molar-refractivity contribution in [3.8, 4) is 0 Å². The molecule has 6 aromatic rings. The SMILES string of the molecule is O=C1SC(Cc2ccccc2)(OCCc2c[nH]c3ccccc23)C(=O)N1C(c1ccccc1)(c1ccccc1)c1ccccc1. The van der Waals surface area contributed by atoms with Crippen LogP contribution in [0.25, 0.3) is 10.9 Å². The molecule has 0 saturated carbocycles. The first-order valence-corrected chi connectivity index (χ1v) is 15.9. The predicted octanol–water partition coefficient (Wildman–Crippen LogP) is 8.35. The zero-order valence-electron chi connectivity index (χ0n) is 24.6. The van der Waals surface area contributed by atoms with Gasteiger partial charge in [0.2, 0.25) is 4.93 Å². The maximum atomic E-state index is 15.2. The minimum atomic E-state index is -1.45. The molecule has 1 saturated heterocycles. The van der Waals surface area contributed by atoms with Gasteiger partial charge in [0.05, 0.1) is 6.61 Å². The highest BCUT2D eigenvalue weighted by atomic mass is 32.2. The van der Waals surface area contributed by atoms with E-state index in [2.05, 4.69) is 11.1 Å². The van der Waals surface area contributed by atoms with Gasteiger partial charge in [-0.1, -0.05) is 140 Å². The van der Waals surface area contributed by atoms with E-state index in [1.165, 1.54) is 4.90 Å². The number of aromatic amines is 1. The van der Waals surface area contributed by atoms with E-state index >= 15 is 4.79 Å². The summed E-state index contributed by atoms with van der Waals surface area (Å²) in [5, 5.41) is 0.775. The lowest BCUT2D eigenvalue weighted by Crippen LogP contribution is -2.54. The average Bonchev–Trinajstić information content (AvgIpc) is 3.61. The normalized spacial score (nSPS) is 16.8. The van der Waals surface area contributed by atoms with Gasteiger partial charge < -0.3 is 9.72 Å². The number of H-pyrrole nitrogens is 1. The number of nitrogens with one attached hydrogen (secondary N) is 1. The summed E-state index contributed by atoms with van der Waals surface area (Å²) in [4.78, 5) is 33.0. The van der Waals surface area contributed by atoms with E-state index in [1.54, 1.807) is 0 Å². The molecule has 1 atom stereocenters. The Bertz CT molecular complexity index is 1830. The lowest BCUT2D eigenvalue weighted by Gasteiger charge is -2.42. The molecular formula is C39H32N2O3S. The molecule has 1 unspecified atom stereocenters. The van der Waals surface area contributed by atoms with Crippen LogP contribution in [0, 0.1) is 0 Å². The Kier molecular flexibility index (Phi) is 7.84. The molecule has 0 radical (unpaired) electrons. The smallest absolute Gasteiger partial charge is 0.293 e. The van der Waals surface area contributed by atoms with Crippen LogP contribution >= 0.6 is 11.8 Å². The molecule has 1 N–H and O–H groups in total. The summed E-state index contributed by atoms with van der Waals surface area (Å²) in [6.07, 6.45) is 2.83. The van der Waals surface area contributed by atoms with Crippen LogP contribution in [-0.4, -0.2) is 32.6 Å². The van der Waals surface area contributed by atoms with Gasteiger partial charge in [0.1, 0.15) is 5.54 Å². The van der Waals surface area contributed by atoms with Gasteiger partial charge in [0.15, 0.2) is 0 Å². The second kappa shape index (κ2) is 12.2. The number of thioether (sulfide) groups is 1. The lowest BCUT2D eigenvalue weighted by atomic mass is 9.75. The Labute approximate surface area is 266 Å². The van der Waals surface area contributed by atoms with E-state index in [-0.39, 0.29) is 24.2 Å². The van der Waals surface area contributed by atoms with Gasteiger partial charge in [-0.15, -0.1) is 0 Å². The second-order valence-corrected chi connectivity index (χ2v) is 12.4. The fourth-order valence-electron chi connectivity index (χ4n) is 6.48. The fraction of sp³-hybridized carbons (Fsp3) is 0.128. The number of carbonyl (C=O) groups excluding carboxylic acids is 2. The molecule has 1 fully saturated rings. The molecule has 5 nitrogen and oxygen atoms in total. The molecule has 0 aliphatic carbocycles. The Morgan fingerprint density at radius 1 is 0.667 bits per heavy atom. The van der Waals surface area contributed by atoms with Crippen molar-refractivity contribution >= 4 is 33.8 Å². The van der Waals surface area contributed by atoms with Gasteiger partial charge >= 0.3 is 0 Å². The largest absolute Gasteiger partial charge is 0.361 e. The molecule has 45 heavy (non-hydrogen) atoms. The molecule has 7 rings (SSSR count). The van der Waals surface area contributed by atoms with Gasteiger partial charge in [0.25, 0.3) is 11.1 Å². The van der Waals surface area contributed by atoms with Crippen LogP contribution in [-0.2, 0) is 27.9 Å². The van der Waals surface area contributed by atoms with Crippen molar-refractivity contribution in [1.82, 2.24) is 9.88 Å². The lowest BCUT2D eigenvalue weighted by molar-refractivity contribution is -0.145. The van der Waals surface area contributed by atoms with E-state index in [9.17, 15) is 4.79 Å². The first-order chi connectivity index (χ1) is 22.1. The number of fused-ring (bicyclic) bond motifs is 1. The first kappa shape index (κ1) is 28.8. The number of benzene rings is 5. The third-order valence-electron chi connectivity index (χ3n) is 8.54. The summed E-state index contributed by atoms with van der Waals surface area (Å²) in [5.74, 6) is -0.364. The number of hydrogen-bond donors (Lipinski definition) is 1. The van der Waals surface area contributed by atoms with Gasteiger partial charge in [-0.3, -0.25) is 14.5 Å². The third kappa shape index (κ3) is 5.16. The molecule has 1 aliphatic rings. The zero-order chi connectivity index (χ0) is 30.7. The van der Waals surface area contributed by atoms with Gasteiger partial charge in [0, 0.05) is 23.5 Å². The number of aromatic nitrogens is 1. The molecule has 0 spiro atoms. The molecular weight excluding hydrogens is 577 g/mol. The molecule has 1 aromatic heterocycles. The van der Waals surface area contributed by atoms with Crippen LogP contribution in [0.15, 0.2) is 152 Å². The number of ether oxygens (including phenoxy) is 1. The van der Waals surface area contributed by atoms with Crippen LogP contribution in [0.3, 0.4) is 0 Å². The summed E-state index contributed by atoms with van der Waals surface area (Å²) in [6.45, 7) is 0.267. The number of carbonyl (C=O) groups is 2. The topological polar surface area (TPSA) is 62.4 Å². The zero-order valence-corrected chi connectivity index (χ0v) is 25.5. The van der Waals surface area contributed by atoms with Crippen molar-refractivity contribution in [2.24, 2.45) is 0 Å². The second-order valence-electron chi connectivity index (χ2n) is 11.2. The number of para-hydroxylation sites is 1. The predicted molar refractivity (Wildman–Crippen MR) is 180 cm³/mol. The summed E-state index contributed by atoms with van der Waals surface area (Å²) in [6, 6.07) is 47.4. The highest BCUT2D eigenvalue weighted by Gasteiger charge is 2.61. The highest BCUT2D eigenvalue weighted by Crippen LogP contribution is 2.51. The Morgan fingerprint density at radius 3 is 1.76 bits per heavy atom. The van der Waals surface area contributed by atoms with E-state index in [0.717, 1.165) is 50.5 Å². The Balaban J connectivity index is 1.35. The monoisotopic (exact) mass is 608 g/mol. The van der Waals surface area contributed by atoms with E-state index in [0.29, 0.717) is 6.42 Å². The van der Waals surface area contributed by atoms with Crippen LogP contribution in [0.2, 0.25) is 0 Å². The van der Waals surface area contributed by atoms with Crippen molar-refractivity contribution in [2.75, 3.05) is 6.61 Å². The summed E-state index contributed by atoms with van der Waals surface area (Å²) < 4.78 is 6.67. The number of amides is 2. The third-order valence-corrected chi connectivity index (χ3v) is 9.66. The molecule has 1 aliphatic heterocycles. The Morgan fingerprint density at radius 2 is 1.18 bits per heavy atom. The number of rotatable bonds is 10. The van der Waals surface area contributed by atoms with Gasteiger partial charge in [-0.05, 0) is 52.1 Å². The van der Waals surface area contributed by atoms with E-state index in [4.69, 9.17) is 4.74 Å². The summed E-state index contributed by atoms with van der Waals surface area (Å²) in [5.41, 5.74) is 4.31. The standard InChI is InChI=1S/C39H32N2O3S/c42-36-38(27-29-15-5-1-6-16-29,44-26-25-30-28-40-35-24-14-13-23-34(30)35)45-37(43)41(36)39(31-17-7-2-8-18-31,32-19-9-3-10-20-32)33-21-11-4-12-22-33/h1-24,28,40H,25-27H2. The minimum Gasteiger partial charge on any atom is -0.361 e. The number of imide groups is 1. The minimum absolute atomic E-state index is 0.252. The average molecular weight is 609 g/mol. The van der Waals surface area contributed by atoms with Crippen molar-refractivity contribution in [1.29, 1.82) is 0 Å². The van der Waals surface area contributed by atoms with Crippen molar-refractivity contribution in [3.05, 3.63) is 180 Å². The molecule has 6 heteroatoms. The van der Waals surface area contributed by atoms with Gasteiger partial charge in [-0.2, -0.15) is 0 Å². The van der Waals surface area contributed by atoms with Crippen LogP contribution in [0.5, 0.6) is 0 Å². The van der Waals surface area contributed by atoms with Crippen molar-refractivity contribution in [2.45, 2.75) is 23.3 Å². The van der Waals surface area contributed by atoms with E-state index < -0.39 is 10.5 Å². The first-order valence-electron chi connectivity index (χ1n) is 15.1. The maximum absolute atomic E-state index is 15.2. The molecule has 2 heterocycles. The summed E-state index contributed by atoms with van der Waals surface area (Å²) in [7, 11) is 0.